The van der Waals surface area contributed by atoms with E-state index in [9.17, 15) is 0 Å². The number of aryl methyl sites for hydroxylation is 4. The number of benzene rings is 2. The Labute approximate surface area is 250 Å². The predicted octanol–water partition coefficient (Wildman–Crippen LogP) is 11.8. The van der Waals surface area contributed by atoms with Gasteiger partial charge >= 0.3 is 0 Å². The summed E-state index contributed by atoms with van der Waals surface area (Å²) >= 11 is 0. The number of nitrogens with zero attached hydrogens (tertiary/aromatic N) is 2. The monoisotopic (exact) mass is 572 g/mol. The van der Waals surface area contributed by atoms with Crippen LogP contribution in [0.5, 0.6) is 0 Å². The molecular formula is C36H54N2Ni. The van der Waals surface area contributed by atoms with E-state index in [0.29, 0.717) is 0 Å². The molecule has 2 rings (SSSR count). The SMILES string of the molecule is CCCCCCCCCCCC=CC(=Nc1cc(C)cc(C)c1)C(CCCCC)=Nc1cc(C)cc(C)c1.[Ni]. The fourth-order valence-corrected chi connectivity index (χ4v) is 5.07. The van der Waals surface area contributed by atoms with Crippen molar-refractivity contribution in [1.29, 1.82) is 0 Å². The first-order valence-corrected chi connectivity index (χ1v) is 15.4. The summed E-state index contributed by atoms with van der Waals surface area (Å²) < 4.78 is 0. The minimum atomic E-state index is 0. The van der Waals surface area contributed by atoms with Crippen molar-refractivity contribution in [2.45, 2.75) is 131 Å². The second kappa shape index (κ2) is 20.9. The van der Waals surface area contributed by atoms with Crippen molar-refractivity contribution in [3.8, 4) is 0 Å². The molecule has 2 aromatic carbocycles. The van der Waals surface area contributed by atoms with Gasteiger partial charge in [-0.3, -0.25) is 4.99 Å². The summed E-state index contributed by atoms with van der Waals surface area (Å²) in [7, 11) is 0. The molecule has 39 heavy (non-hydrogen) atoms. The van der Waals surface area contributed by atoms with E-state index in [0.717, 1.165) is 42.1 Å². The van der Waals surface area contributed by atoms with Crippen molar-refractivity contribution >= 4 is 22.8 Å². The fraction of sp³-hybridized carbons (Fsp3) is 0.556. The van der Waals surface area contributed by atoms with Gasteiger partial charge in [0.2, 0.25) is 0 Å². The van der Waals surface area contributed by atoms with Crippen LogP contribution in [0.1, 0.15) is 126 Å². The summed E-state index contributed by atoms with van der Waals surface area (Å²) in [6.45, 7) is 13.1. The Morgan fingerprint density at radius 2 is 1.00 bits per heavy atom. The number of unbranched alkanes of at least 4 members (excludes halogenated alkanes) is 11. The van der Waals surface area contributed by atoms with Crippen LogP contribution in [0.2, 0.25) is 0 Å². The van der Waals surface area contributed by atoms with Gasteiger partial charge in [0.25, 0.3) is 0 Å². The maximum absolute atomic E-state index is 5.20. The Balaban J connectivity index is 0.00000760. The Hall–Kier alpha value is -1.99. The molecule has 0 fully saturated rings. The summed E-state index contributed by atoms with van der Waals surface area (Å²) in [6, 6.07) is 13.2. The molecule has 2 nitrogen and oxygen atoms in total. The molecule has 218 valence electrons. The standard InChI is InChI=1S/C36H54N2.Ni/c1-7-9-11-12-13-14-15-16-17-18-20-22-36(38-34-27-31(5)24-32(6)28-34)35(21-19-10-8-2)37-33-25-29(3)23-30(4)26-33;/h20,22-28H,7-19,21H2,1-6H3;. The van der Waals surface area contributed by atoms with Crippen molar-refractivity contribution in [1.82, 2.24) is 0 Å². The van der Waals surface area contributed by atoms with Gasteiger partial charge in [-0.1, -0.05) is 96.3 Å². The van der Waals surface area contributed by atoms with E-state index in [1.807, 2.05) is 0 Å². The van der Waals surface area contributed by atoms with E-state index >= 15 is 0 Å². The first-order chi connectivity index (χ1) is 18.4. The maximum Gasteiger partial charge on any atom is 0.0848 e. The largest absolute Gasteiger partial charge is 0.251 e. The summed E-state index contributed by atoms with van der Waals surface area (Å²) in [5.41, 5.74) is 9.19. The van der Waals surface area contributed by atoms with Gasteiger partial charge < -0.3 is 0 Å². The summed E-state index contributed by atoms with van der Waals surface area (Å²) in [5.74, 6) is 0. The second-order valence-electron chi connectivity index (χ2n) is 11.2. The summed E-state index contributed by atoms with van der Waals surface area (Å²) in [4.78, 5) is 10.4. The number of rotatable bonds is 18. The van der Waals surface area contributed by atoms with Crippen LogP contribution in [0.25, 0.3) is 0 Å². The number of allylic oxidation sites excluding steroid dienone is 2. The van der Waals surface area contributed by atoms with Crippen LogP contribution in [-0.4, -0.2) is 11.4 Å². The molecule has 0 bridgehead atoms. The molecule has 0 saturated carbocycles. The van der Waals surface area contributed by atoms with E-state index in [2.05, 4.69) is 90.1 Å². The zero-order valence-electron chi connectivity index (χ0n) is 25.7. The van der Waals surface area contributed by atoms with E-state index in [1.54, 1.807) is 0 Å². The number of hydrogen-bond acceptors (Lipinski definition) is 2. The van der Waals surface area contributed by atoms with Gasteiger partial charge in [-0.15, -0.1) is 0 Å². The first-order valence-electron chi connectivity index (χ1n) is 15.4. The molecule has 0 atom stereocenters. The average Bonchev–Trinajstić information content (AvgIpc) is 2.85. The molecule has 0 amide bonds. The molecule has 3 heteroatoms. The normalized spacial score (nSPS) is 12.3. The second-order valence-corrected chi connectivity index (χ2v) is 11.2. The van der Waals surface area contributed by atoms with Crippen molar-refractivity contribution in [2.75, 3.05) is 0 Å². The van der Waals surface area contributed by atoms with Crippen LogP contribution in [0.4, 0.5) is 11.4 Å². The summed E-state index contributed by atoms with van der Waals surface area (Å²) in [6.07, 6.45) is 22.5. The van der Waals surface area contributed by atoms with E-state index in [1.165, 1.54) is 92.9 Å². The van der Waals surface area contributed by atoms with Crippen LogP contribution in [0.3, 0.4) is 0 Å². The molecule has 0 unspecified atom stereocenters. The molecule has 0 aliphatic rings. The molecule has 0 N–H and O–H groups in total. The van der Waals surface area contributed by atoms with Gasteiger partial charge in [0.05, 0.1) is 22.8 Å². The molecule has 0 spiro atoms. The molecule has 0 aliphatic heterocycles. The molecule has 0 aromatic heterocycles. The van der Waals surface area contributed by atoms with Crippen LogP contribution in [0, 0.1) is 27.7 Å². The van der Waals surface area contributed by atoms with Crippen LogP contribution in [0.15, 0.2) is 58.5 Å². The molecule has 0 aliphatic carbocycles. The van der Waals surface area contributed by atoms with Crippen LogP contribution < -0.4 is 0 Å². The average molecular weight is 574 g/mol. The van der Waals surface area contributed by atoms with E-state index < -0.39 is 0 Å². The quantitative estimate of drug-likeness (QED) is 0.0963. The van der Waals surface area contributed by atoms with E-state index in [-0.39, 0.29) is 16.5 Å². The molecule has 2 aromatic rings. The molecule has 0 saturated heterocycles. The Morgan fingerprint density at radius 1 is 0.564 bits per heavy atom. The maximum atomic E-state index is 5.20. The molecule has 0 heterocycles. The van der Waals surface area contributed by atoms with Crippen molar-refractivity contribution in [3.05, 3.63) is 70.8 Å². The zero-order chi connectivity index (χ0) is 27.6. The first kappa shape index (κ1) is 35.0. The molecule has 0 radical (unpaired) electrons. The van der Waals surface area contributed by atoms with Crippen LogP contribution in [-0.2, 0) is 16.5 Å². The van der Waals surface area contributed by atoms with Gasteiger partial charge in [0.15, 0.2) is 0 Å². The summed E-state index contributed by atoms with van der Waals surface area (Å²) in [5, 5.41) is 0. The van der Waals surface area contributed by atoms with Gasteiger partial charge in [0, 0.05) is 16.5 Å². The third-order valence-corrected chi connectivity index (χ3v) is 6.99. The predicted molar refractivity (Wildman–Crippen MR) is 171 cm³/mol. The minimum absolute atomic E-state index is 0. The fourth-order valence-electron chi connectivity index (χ4n) is 5.07. The van der Waals surface area contributed by atoms with Crippen molar-refractivity contribution in [3.63, 3.8) is 0 Å². The van der Waals surface area contributed by atoms with Crippen molar-refractivity contribution in [2.24, 2.45) is 9.98 Å². The third-order valence-electron chi connectivity index (χ3n) is 6.99. The number of aliphatic imine (C=N–C) groups is 2. The molecular weight excluding hydrogens is 519 g/mol. The number of hydrogen-bond donors (Lipinski definition) is 0. The van der Waals surface area contributed by atoms with Gasteiger partial charge in [-0.05, 0) is 106 Å². The minimum Gasteiger partial charge on any atom is -0.251 e. The zero-order valence-corrected chi connectivity index (χ0v) is 26.7. The van der Waals surface area contributed by atoms with Gasteiger partial charge in [0.1, 0.15) is 0 Å². The van der Waals surface area contributed by atoms with Gasteiger partial charge in [-0.25, -0.2) is 4.99 Å². The van der Waals surface area contributed by atoms with Gasteiger partial charge in [-0.2, -0.15) is 0 Å². The van der Waals surface area contributed by atoms with Crippen LogP contribution >= 0.6 is 0 Å². The smallest absolute Gasteiger partial charge is 0.0848 e. The third kappa shape index (κ3) is 15.4. The topological polar surface area (TPSA) is 24.7 Å². The Bertz CT molecular complexity index is 1010. The van der Waals surface area contributed by atoms with E-state index in [4.69, 9.17) is 9.98 Å². The Kier molecular flexibility index (Phi) is 18.7. The Morgan fingerprint density at radius 3 is 1.51 bits per heavy atom. The van der Waals surface area contributed by atoms with Crippen molar-refractivity contribution < 1.29 is 16.5 Å².